The third-order valence-electron chi connectivity index (χ3n) is 1.66. The number of hydrogen-bond acceptors (Lipinski definition) is 2. The molecule has 0 atom stereocenters. The number of benzene rings is 1. The summed E-state index contributed by atoms with van der Waals surface area (Å²) in [6, 6.07) is 4.37. The summed E-state index contributed by atoms with van der Waals surface area (Å²) in [6.07, 6.45) is -0.0207. The van der Waals surface area contributed by atoms with Gasteiger partial charge >= 0.3 is 0 Å². The number of halogens is 2. The number of nitriles is 1. The summed E-state index contributed by atoms with van der Waals surface area (Å²) in [4.78, 5) is 0. The van der Waals surface area contributed by atoms with E-state index in [2.05, 4.69) is 16.6 Å². The molecule has 1 aromatic carbocycles. The lowest BCUT2D eigenvalue weighted by Gasteiger charge is -2.02. The second-order valence-corrected chi connectivity index (χ2v) is 2.58. The molecular formula is C11H7F2NO. The second-order valence-electron chi connectivity index (χ2n) is 2.58. The SMILES string of the molecule is COc1ccc(C#CCC#N)c(F)c1F. The van der Waals surface area contributed by atoms with Gasteiger partial charge in [0.1, 0.15) is 0 Å². The first-order chi connectivity index (χ1) is 7.20. The maximum Gasteiger partial charge on any atom is 0.201 e. The van der Waals surface area contributed by atoms with Crippen molar-refractivity contribution in [3.63, 3.8) is 0 Å². The molecule has 0 aromatic heterocycles. The lowest BCUT2D eigenvalue weighted by atomic mass is 10.2. The molecule has 0 spiro atoms. The van der Waals surface area contributed by atoms with Gasteiger partial charge in [-0.25, -0.2) is 4.39 Å². The van der Waals surface area contributed by atoms with Crippen molar-refractivity contribution in [1.29, 1.82) is 5.26 Å². The average Bonchev–Trinajstić information content (AvgIpc) is 2.25. The van der Waals surface area contributed by atoms with E-state index in [-0.39, 0.29) is 17.7 Å². The van der Waals surface area contributed by atoms with Crippen LogP contribution >= 0.6 is 0 Å². The molecule has 0 saturated heterocycles. The number of ether oxygens (including phenoxy) is 1. The molecule has 4 heteroatoms. The lowest BCUT2D eigenvalue weighted by molar-refractivity contribution is 0.371. The largest absolute Gasteiger partial charge is 0.494 e. The highest BCUT2D eigenvalue weighted by Crippen LogP contribution is 2.21. The van der Waals surface area contributed by atoms with Crippen molar-refractivity contribution in [3.8, 4) is 23.7 Å². The van der Waals surface area contributed by atoms with Gasteiger partial charge in [-0.1, -0.05) is 11.8 Å². The molecule has 0 heterocycles. The fourth-order valence-electron chi connectivity index (χ4n) is 0.965. The van der Waals surface area contributed by atoms with Crippen LogP contribution in [-0.2, 0) is 0 Å². The van der Waals surface area contributed by atoms with Gasteiger partial charge in [0.15, 0.2) is 11.6 Å². The van der Waals surface area contributed by atoms with Gasteiger partial charge in [0.25, 0.3) is 0 Å². The Hall–Kier alpha value is -2.07. The fourth-order valence-corrected chi connectivity index (χ4v) is 0.965. The van der Waals surface area contributed by atoms with Crippen molar-refractivity contribution in [2.75, 3.05) is 7.11 Å². The quantitative estimate of drug-likeness (QED) is 0.661. The van der Waals surface area contributed by atoms with Crippen LogP contribution in [0.1, 0.15) is 12.0 Å². The van der Waals surface area contributed by atoms with Crippen LogP contribution in [0.2, 0.25) is 0 Å². The first-order valence-corrected chi connectivity index (χ1v) is 4.08. The van der Waals surface area contributed by atoms with E-state index in [4.69, 9.17) is 5.26 Å². The summed E-state index contributed by atoms with van der Waals surface area (Å²) >= 11 is 0. The summed E-state index contributed by atoms with van der Waals surface area (Å²) in [5.74, 6) is 2.47. The molecule has 2 nitrogen and oxygen atoms in total. The van der Waals surface area contributed by atoms with E-state index in [0.29, 0.717) is 0 Å². The van der Waals surface area contributed by atoms with Gasteiger partial charge in [0.05, 0.1) is 25.2 Å². The van der Waals surface area contributed by atoms with Crippen molar-refractivity contribution in [2.24, 2.45) is 0 Å². The van der Waals surface area contributed by atoms with Gasteiger partial charge in [0, 0.05) is 0 Å². The zero-order valence-electron chi connectivity index (χ0n) is 7.97. The van der Waals surface area contributed by atoms with Gasteiger partial charge in [0.2, 0.25) is 5.82 Å². The van der Waals surface area contributed by atoms with Gasteiger partial charge in [-0.3, -0.25) is 0 Å². The molecule has 0 saturated carbocycles. The second kappa shape index (κ2) is 4.97. The minimum atomic E-state index is -1.07. The molecule has 15 heavy (non-hydrogen) atoms. The highest BCUT2D eigenvalue weighted by Gasteiger charge is 2.11. The van der Waals surface area contributed by atoms with Crippen LogP contribution in [0.4, 0.5) is 8.78 Å². The Labute approximate surface area is 86.1 Å². The third-order valence-corrected chi connectivity index (χ3v) is 1.66. The normalized spacial score (nSPS) is 8.67. The molecule has 1 aromatic rings. The van der Waals surface area contributed by atoms with Gasteiger partial charge < -0.3 is 4.74 Å². The summed E-state index contributed by atoms with van der Waals surface area (Å²) in [6.45, 7) is 0. The van der Waals surface area contributed by atoms with E-state index in [1.807, 2.05) is 0 Å². The van der Waals surface area contributed by atoms with E-state index >= 15 is 0 Å². The smallest absolute Gasteiger partial charge is 0.201 e. The molecule has 0 aliphatic heterocycles. The van der Waals surface area contributed by atoms with Gasteiger partial charge in [-0.05, 0) is 12.1 Å². The summed E-state index contributed by atoms with van der Waals surface area (Å²) < 4.78 is 31.0. The zero-order valence-corrected chi connectivity index (χ0v) is 7.97. The molecule has 0 unspecified atom stereocenters. The van der Waals surface area contributed by atoms with E-state index in [1.54, 1.807) is 6.07 Å². The molecule has 1 rings (SSSR count). The van der Waals surface area contributed by atoms with Crippen LogP contribution in [0.15, 0.2) is 12.1 Å². The molecule has 76 valence electrons. The van der Waals surface area contributed by atoms with Crippen molar-refractivity contribution in [1.82, 2.24) is 0 Å². The molecule has 0 N–H and O–H groups in total. The minimum absolute atomic E-state index is 0.0207. The van der Waals surface area contributed by atoms with Crippen LogP contribution in [0.5, 0.6) is 5.75 Å². The average molecular weight is 207 g/mol. The molecular weight excluding hydrogens is 200 g/mol. The van der Waals surface area contributed by atoms with Gasteiger partial charge in [-0.2, -0.15) is 9.65 Å². The van der Waals surface area contributed by atoms with Crippen LogP contribution in [0.25, 0.3) is 0 Å². The van der Waals surface area contributed by atoms with E-state index < -0.39 is 11.6 Å². The number of nitrogens with zero attached hydrogens (tertiary/aromatic N) is 1. The Kier molecular flexibility index (Phi) is 3.65. The monoisotopic (exact) mass is 207 g/mol. The molecule has 0 aliphatic carbocycles. The summed E-state index contributed by atoms with van der Waals surface area (Å²) in [5.41, 5.74) is -0.0800. The Morgan fingerprint density at radius 2 is 2.07 bits per heavy atom. The maximum absolute atomic E-state index is 13.2. The van der Waals surface area contributed by atoms with E-state index in [9.17, 15) is 8.78 Å². The highest BCUT2D eigenvalue weighted by atomic mass is 19.2. The first kappa shape index (κ1) is 11.0. The lowest BCUT2D eigenvalue weighted by Crippen LogP contribution is -1.94. The predicted molar refractivity (Wildman–Crippen MR) is 50.0 cm³/mol. The third kappa shape index (κ3) is 2.45. The van der Waals surface area contributed by atoms with E-state index in [0.717, 1.165) is 0 Å². The first-order valence-electron chi connectivity index (χ1n) is 4.08. The Balaban J connectivity index is 3.10. The molecule has 0 amide bonds. The van der Waals surface area contributed by atoms with Gasteiger partial charge in [-0.15, -0.1) is 0 Å². The van der Waals surface area contributed by atoms with Crippen LogP contribution in [-0.4, -0.2) is 7.11 Å². The highest BCUT2D eigenvalue weighted by molar-refractivity contribution is 5.41. The molecule has 0 bridgehead atoms. The standard InChI is InChI=1S/C11H7F2NO/c1-15-9-6-5-8(4-2-3-7-14)10(12)11(9)13/h5-6H,3H2,1H3. The molecule has 0 aliphatic rings. The Bertz CT molecular complexity index is 466. The fraction of sp³-hybridized carbons (Fsp3) is 0.182. The number of rotatable bonds is 1. The van der Waals surface area contributed by atoms with E-state index in [1.165, 1.54) is 19.2 Å². The topological polar surface area (TPSA) is 33.0 Å². The van der Waals surface area contributed by atoms with Crippen molar-refractivity contribution >= 4 is 0 Å². The number of hydrogen-bond donors (Lipinski definition) is 0. The molecule has 0 fully saturated rings. The van der Waals surface area contributed by atoms with Crippen molar-refractivity contribution in [3.05, 3.63) is 29.3 Å². The zero-order chi connectivity index (χ0) is 11.3. The summed E-state index contributed by atoms with van der Waals surface area (Å²) in [7, 11) is 1.25. The maximum atomic E-state index is 13.2. The van der Waals surface area contributed by atoms with Crippen LogP contribution in [0.3, 0.4) is 0 Å². The van der Waals surface area contributed by atoms with Crippen LogP contribution < -0.4 is 4.74 Å². The summed E-state index contributed by atoms with van der Waals surface area (Å²) in [5, 5.41) is 8.21. The number of methoxy groups -OCH3 is 1. The molecule has 0 radical (unpaired) electrons. The Morgan fingerprint density at radius 3 is 2.67 bits per heavy atom. The van der Waals surface area contributed by atoms with Crippen LogP contribution in [0, 0.1) is 34.8 Å². The van der Waals surface area contributed by atoms with Crippen molar-refractivity contribution in [2.45, 2.75) is 6.42 Å². The Morgan fingerprint density at radius 1 is 1.33 bits per heavy atom. The van der Waals surface area contributed by atoms with Crippen molar-refractivity contribution < 1.29 is 13.5 Å². The minimum Gasteiger partial charge on any atom is -0.494 e. The predicted octanol–water partition coefficient (Wildman–Crippen LogP) is 2.24.